The van der Waals surface area contributed by atoms with Crippen molar-refractivity contribution in [2.75, 3.05) is 20.2 Å². The van der Waals surface area contributed by atoms with Gasteiger partial charge in [-0.05, 0) is 12.3 Å². The van der Waals surface area contributed by atoms with Crippen LogP contribution in [0.5, 0.6) is 0 Å². The van der Waals surface area contributed by atoms with Crippen molar-refractivity contribution in [2.45, 2.75) is 12.8 Å². The predicted molar refractivity (Wildman–Crippen MR) is 48.1 cm³/mol. The van der Waals surface area contributed by atoms with E-state index in [-0.39, 0.29) is 0 Å². The summed E-state index contributed by atoms with van der Waals surface area (Å²) in [4.78, 5) is 14.4. The van der Waals surface area contributed by atoms with E-state index >= 15 is 0 Å². The first-order valence-electron chi connectivity index (χ1n) is 4.26. The van der Waals surface area contributed by atoms with Crippen LogP contribution in [-0.2, 0) is 4.74 Å². The van der Waals surface area contributed by atoms with E-state index in [1.54, 1.807) is 7.11 Å². The Hall–Kier alpha value is -1.26. The number of nitrogens with zero attached hydrogens (tertiary/aromatic N) is 1. The van der Waals surface area contributed by atoms with Gasteiger partial charge in [0.15, 0.2) is 5.90 Å². The fourth-order valence-corrected chi connectivity index (χ4v) is 1.34. The van der Waals surface area contributed by atoms with E-state index in [0.29, 0.717) is 12.5 Å². The van der Waals surface area contributed by atoms with Crippen LogP contribution in [0.25, 0.3) is 0 Å². The van der Waals surface area contributed by atoms with Crippen molar-refractivity contribution >= 4 is 12.0 Å². The molecular weight excluding hydrogens is 172 g/mol. The summed E-state index contributed by atoms with van der Waals surface area (Å²) in [5.41, 5.74) is 0. The van der Waals surface area contributed by atoms with Crippen LogP contribution in [-0.4, -0.2) is 37.3 Å². The van der Waals surface area contributed by atoms with Gasteiger partial charge in [-0.3, -0.25) is 4.99 Å². The maximum Gasteiger partial charge on any atom is 0.404 e. The second kappa shape index (κ2) is 4.69. The van der Waals surface area contributed by atoms with Gasteiger partial charge in [-0.2, -0.15) is 0 Å². The van der Waals surface area contributed by atoms with Gasteiger partial charge in [0.2, 0.25) is 0 Å². The van der Waals surface area contributed by atoms with Crippen LogP contribution in [0.4, 0.5) is 4.79 Å². The summed E-state index contributed by atoms with van der Waals surface area (Å²) in [6, 6.07) is 0. The van der Waals surface area contributed by atoms with Crippen LogP contribution in [0.3, 0.4) is 0 Å². The van der Waals surface area contributed by atoms with Crippen LogP contribution < -0.4 is 5.32 Å². The Labute approximate surface area is 76.8 Å². The van der Waals surface area contributed by atoms with E-state index in [9.17, 15) is 4.79 Å². The quantitative estimate of drug-likeness (QED) is 0.667. The zero-order valence-electron chi connectivity index (χ0n) is 7.62. The number of ether oxygens (including phenoxy) is 1. The normalized spacial score (nSPS) is 21.9. The van der Waals surface area contributed by atoms with E-state index in [4.69, 9.17) is 9.84 Å². The molecule has 1 amide bonds. The molecule has 0 aromatic heterocycles. The lowest BCUT2D eigenvalue weighted by Gasteiger charge is -2.20. The molecule has 0 aromatic carbocycles. The molecule has 0 bridgehead atoms. The second-order valence-electron chi connectivity index (χ2n) is 3.02. The second-order valence-corrected chi connectivity index (χ2v) is 3.02. The average Bonchev–Trinajstić information content (AvgIpc) is 2.15. The van der Waals surface area contributed by atoms with Crippen LogP contribution >= 0.6 is 0 Å². The van der Waals surface area contributed by atoms with Gasteiger partial charge in [0.05, 0.1) is 7.11 Å². The molecule has 0 aromatic rings. The van der Waals surface area contributed by atoms with Gasteiger partial charge < -0.3 is 15.2 Å². The van der Waals surface area contributed by atoms with E-state index in [1.165, 1.54) is 0 Å². The summed E-state index contributed by atoms with van der Waals surface area (Å²) in [5, 5.41) is 10.8. The number of nitrogens with one attached hydrogen (secondary N) is 1. The molecule has 74 valence electrons. The molecule has 1 unspecified atom stereocenters. The van der Waals surface area contributed by atoms with Crippen molar-refractivity contribution in [3.63, 3.8) is 0 Å². The zero-order chi connectivity index (χ0) is 9.68. The van der Waals surface area contributed by atoms with Gasteiger partial charge in [0.1, 0.15) is 0 Å². The van der Waals surface area contributed by atoms with Gasteiger partial charge in [0, 0.05) is 19.5 Å². The predicted octanol–water partition coefficient (Wildman–Crippen LogP) is 0.709. The van der Waals surface area contributed by atoms with Crippen LogP contribution in [0.15, 0.2) is 4.99 Å². The number of amides is 1. The fraction of sp³-hybridized carbons (Fsp3) is 0.750. The largest absolute Gasteiger partial charge is 0.484 e. The molecule has 0 aliphatic carbocycles. The van der Waals surface area contributed by atoms with Crippen molar-refractivity contribution in [2.24, 2.45) is 10.9 Å². The summed E-state index contributed by atoms with van der Waals surface area (Å²) in [7, 11) is 1.59. The summed E-state index contributed by atoms with van der Waals surface area (Å²) in [6.45, 7) is 1.22. The topological polar surface area (TPSA) is 70.9 Å². The average molecular weight is 186 g/mol. The van der Waals surface area contributed by atoms with Crippen molar-refractivity contribution < 1.29 is 14.6 Å². The van der Waals surface area contributed by atoms with Gasteiger partial charge in [-0.15, -0.1) is 0 Å². The molecule has 5 heteroatoms. The lowest BCUT2D eigenvalue weighted by Crippen LogP contribution is -2.31. The summed E-state index contributed by atoms with van der Waals surface area (Å²) >= 11 is 0. The molecule has 1 aliphatic heterocycles. The summed E-state index contributed by atoms with van der Waals surface area (Å²) < 4.78 is 5.00. The highest BCUT2D eigenvalue weighted by atomic mass is 16.5. The molecule has 0 spiro atoms. The Morgan fingerprint density at radius 1 is 1.85 bits per heavy atom. The fourth-order valence-electron chi connectivity index (χ4n) is 1.34. The minimum Gasteiger partial charge on any atom is -0.484 e. The Morgan fingerprint density at radius 3 is 3.23 bits per heavy atom. The van der Waals surface area contributed by atoms with Gasteiger partial charge in [-0.25, -0.2) is 4.79 Å². The van der Waals surface area contributed by atoms with Crippen molar-refractivity contribution in [3.05, 3.63) is 0 Å². The Bertz CT molecular complexity index is 215. The van der Waals surface area contributed by atoms with E-state index in [1.807, 2.05) is 0 Å². The number of hydrogen-bond acceptors (Lipinski definition) is 3. The van der Waals surface area contributed by atoms with E-state index in [0.717, 1.165) is 25.3 Å². The van der Waals surface area contributed by atoms with Crippen LogP contribution in [0, 0.1) is 5.92 Å². The molecule has 1 aliphatic rings. The molecule has 0 saturated heterocycles. The van der Waals surface area contributed by atoms with Crippen LogP contribution in [0.2, 0.25) is 0 Å². The van der Waals surface area contributed by atoms with Crippen molar-refractivity contribution in [1.82, 2.24) is 5.32 Å². The molecule has 1 rings (SSSR count). The van der Waals surface area contributed by atoms with E-state index < -0.39 is 6.09 Å². The summed E-state index contributed by atoms with van der Waals surface area (Å²) in [6.07, 6.45) is 0.686. The number of rotatable bonds is 2. The Balaban J connectivity index is 2.29. The monoisotopic (exact) mass is 186 g/mol. The molecule has 2 N–H and O–H groups in total. The number of aliphatic imine (C=N–C) groups is 1. The van der Waals surface area contributed by atoms with Gasteiger partial charge in [-0.1, -0.05) is 0 Å². The highest BCUT2D eigenvalue weighted by Gasteiger charge is 2.17. The number of carboxylic acid groups (broad SMARTS) is 1. The van der Waals surface area contributed by atoms with E-state index in [2.05, 4.69) is 10.3 Å². The third-order valence-electron chi connectivity index (χ3n) is 2.07. The van der Waals surface area contributed by atoms with Gasteiger partial charge in [0.25, 0.3) is 0 Å². The van der Waals surface area contributed by atoms with Crippen molar-refractivity contribution in [3.8, 4) is 0 Å². The SMILES string of the molecule is COC1=NCCC(CNC(=O)O)C1. The molecule has 1 atom stereocenters. The third-order valence-corrected chi connectivity index (χ3v) is 2.07. The minimum atomic E-state index is -0.971. The molecule has 0 saturated carbocycles. The van der Waals surface area contributed by atoms with Gasteiger partial charge >= 0.3 is 6.09 Å². The molecule has 13 heavy (non-hydrogen) atoms. The molecule has 0 fully saturated rings. The Morgan fingerprint density at radius 2 is 2.62 bits per heavy atom. The first-order chi connectivity index (χ1) is 6.22. The minimum absolute atomic E-state index is 0.323. The maximum atomic E-state index is 10.2. The van der Waals surface area contributed by atoms with Crippen molar-refractivity contribution in [1.29, 1.82) is 0 Å². The third kappa shape index (κ3) is 3.31. The highest BCUT2D eigenvalue weighted by Crippen LogP contribution is 2.14. The molecule has 1 heterocycles. The molecular formula is C8H14N2O3. The smallest absolute Gasteiger partial charge is 0.404 e. The first-order valence-corrected chi connectivity index (χ1v) is 4.26. The number of hydrogen-bond donors (Lipinski definition) is 2. The Kier molecular flexibility index (Phi) is 3.54. The summed E-state index contributed by atoms with van der Waals surface area (Å²) in [5.74, 6) is 1.05. The first kappa shape index (κ1) is 9.83. The highest BCUT2D eigenvalue weighted by molar-refractivity contribution is 5.76. The lowest BCUT2D eigenvalue weighted by molar-refractivity contribution is 0.191. The maximum absolute atomic E-state index is 10.2. The molecule has 5 nitrogen and oxygen atoms in total. The lowest BCUT2D eigenvalue weighted by atomic mass is 9.99. The standard InChI is InChI=1S/C8H14N2O3/c1-13-7-4-6(2-3-9-7)5-10-8(11)12/h6,10H,2-5H2,1H3,(H,11,12). The zero-order valence-corrected chi connectivity index (χ0v) is 7.62. The number of carbonyl (C=O) groups is 1. The van der Waals surface area contributed by atoms with Crippen LogP contribution in [0.1, 0.15) is 12.8 Å². The number of methoxy groups -OCH3 is 1. The molecule has 0 radical (unpaired) electrons.